The van der Waals surface area contributed by atoms with E-state index in [1.54, 1.807) is 12.1 Å². The Hall–Kier alpha value is -1.94. The smallest absolute Gasteiger partial charge is 0.257 e. The van der Waals surface area contributed by atoms with Gasteiger partial charge >= 0.3 is 0 Å². The molecule has 0 saturated heterocycles. The van der Waals surface area contributed by atoms with Crippen LogP contribution in [0.3, 0.4) is 0 Å². The molecule has 0 spiro atoms. The van der Waals surface area contributed by atoms with Crippen molar-refractivity contribution in [3.63, 3.8) is 0 Å². The number of alkyl halides is 1. The highest BCUT2D eigenvalue weighted by Gasteiger charge is 2.09. The molecule has 1 aromatic carbocycles. The van der Waals surface area contributed by atoms with E-state index < -0.39 is 11.7 Å². The fraction of sp³-hybridized carbons (Fsp3) is 0.0769. The molecule has 1 heterocycles. The summed E-state index contributed by atoms with van der Waals surface area (Å²) in [7, 11) is 0. The summed E-state index contributed by atoms with van der Waals surface area (Å²) in [5.41, 5.74) is 1.58. The van der Waals surface area contributed by atoms with Crippen LogP contribution in [0.4, 0.5) is 10.1 Å². The fourth-order valence-corrected chi connectivity index (χ4v) is 1.72. The molecule has 1 aromatic heterocycles. The third-order valence-corrected chi connectivity index (χ3v) is 2.66. The Labute approximate surface area is 109 Å². The lowest BCUT2D eigenvalue weighted by Crippen LogP contribution is -2.13. The third-order valence-electron chi connectivity index (χ3n) is 2.38. The molecule has 0 aliphatic heterocycles. The summed E-state index contributed by atoms with van der Waals surface area (Å²) < 4.78 is 12.9. The molecule has 0 aliphatic carbocycles. The molecule has 5 heteroatoms. The molecule has 2 rings (SSSR count). The van der Waals surface area contributed by atoms with Crippen LogP contribution in [0.15, 0.2) is 42.7 Å². The van der Waals surface area contributed by atoms with Crippen molar-refractivity contribution < 1.29 is 9.18 Å². The van der Waals surface area contributed by atoms with Gasteiger partial charge in [-0.2, -0.15) is 0 Å². The van der Waals surface area contributed by atoms with E-state index in [2.05, 4.69) is 10.3 Å². The first-order valence-electron chi connectivity index (χ1n) is 5.26. The summed E-state index contributed by atoms with van der Waals surface area (Å²) in [5.74, 6) is -0.675. The van der Waals surface area contributed by atoms with Crippen molar-refractivity contribution in [1.82, 2.24) is 4.98 Å². The quantitative estimate of drug-likeness (QED) is 0.865. The molecule has 3 nitrogen and oxygen atoms in total. The predicted octanol–water partition coefficient (Wildman–Crippen LogP) is 3.21. The molecule has 0 fully saturated rings. The number of hydrogen-bond donors (Lipinski definition) is 1. The summed E-state index contributed by atoms with van der Waals surface area (Å²) in [4.78, 5) is 15.5. The number of pyridine rings is 1. The average molecular weight is 265 g/mol. The summed E-state index contributed by atoms with van der Waals surface area (Å²) in [6.45, 7) is 0. The van der Waals surface area contributed by atoms with E-state index >= 15 is 0 Å². The van der Waals surface area contributed by atoms with Gasteiger partial charge in [0.15, 0.2) is 0 Å². The number of carbonyl (C=O) groups is 1. The number of anilines is 1. The van der Waals surface area contributed by atoms with Crippen molar-refractivity contribution >= 4 is 23.2 Å². The highest BCUT2D eigenvalue weighted by atomic mass is 35.5. The first-order chi connectivity index (χ1) is 8.70. The Bertz CT molecular complexity index is 574. The summed E-state index contributed by atoms with van der Waals surface area (Å²) >= 11 is 5.76. The number of halogens is 2. The number of para-hydroxylation sites is 1. The molecule has 0 radical (unpaired) electrons. The van der Waals surface area contributed by atoms with Crippen LogP contribution in [0.2, 0.25) is 0 Å². The van der Waals surface area contributed by atoms with Crippen LogP contribution in [0.1, 0.15) is 15.9 Å². The molecule has 0 saturated carbocycles. The van der Waals surface area contributed by atoms with Crippen LogP contribution in [0.5, 0.6) is 0 Å². The lowest BCUT2D eigenvalue weighted by molar-refractivity contribution is 0.102. The molecular weight excluding hydrogens is 255 g/mol. The number of carbonyl (C=O) groups excluding carboxylic acids is 1. The molecule has 92 valence electrons. The Morgan fingerprint density at radius 1 is 1.33 bits per heavy atom. The molecule has 1 N–H and O–H groups in total. The zero-order chi connectivity index (χ0) is 13.0. The van der Waals surface area contributed by atoms with E-state index in [1.807, 2.05) is 12.1 Å². The lowest BCUT2D eigenvalue weighted by Gasteiger charge is -2.08. The first-order valence-corrected chi connectivity index (χ1v) is 5.80. The second-order valence-electron chi connectivity index (χ2n) is 3.64. The zero-order valence-corrected chi connectivity index (χ0v) is 10.1. The molecule has 0 atom stereocenters. The third kappa shape index (κ3) is 2.84. The number of nitrogens with one attached hydrogen (secondary N) is 1. The van der Waals surface area contributed by atoms with Gasteiger partial charge in [0.1, 0.15) is 5.82 Å². The van der Waals surface area contributed by atoms with Crippen molar-refractivity contribution in [2.75, 3.05) is 5.32 Å². The van der Waals surface area contributed by atoms with Gasteiger partial charge < -0.3 is 5.32 Å². The molecule has 18 heavy (non-hydrogen) atoms. The number of nitrogens with zero attached hydrogens (tertiary/aromatic N) is 1. The van der Waals surface area contributed by atoms with Crippen LogP contribution in [-0.4, -0.2) is 10.9 Å². The van der Waals surface area contributed by atoms with E-state index in [4.69, 9.17) is 11.6 Å². The average Bonchev–Trinajstić information content (AvgIpc) is 2.39. The first kappa shape index (κ1) is 12.5. The molecule has 2 aromatic rings. The van der Waals surface area contributed by atoms with Gasteiger partial charge in [0, 0.05) is 17.8 Å². The minimum absolute atomic E-state index is 0.166. The van der Waals surface area contributed by atoms with Gasteiger partial charge in [0.25, 0.3) is 5.91 Å². The SMILES string of the molecule is O=C(Nc1ccccc1CCl)c1cncc(F)c1. The minimum Gasteiger partial charge on any atom is -0.322 e. The number of hydrogen-bond acceptors (Lipinski definition) is 2. The standard InChI is InChI=1S/C13H10ClFN2O/c14-6-9-3-1-2-4-12(9)17-13(18)10-5-11(15)8-16-7-10/h1-5,7-8H,6H2,(H,17,18). The van der Waals surface area contributed by atoms with E-state index in [1.165, 1.54) is 6.20 Å². The molecule has 0 bridgehead atoms. The van der Waals surface area contributed by atoms with Gasteiger partial charge in [-0.3, -0.25) is 9.78 Å². The number of benzene rings is 1. The van der Waals surface area contributed by atoms with Crippen molar-refractivity contribution in [2.24, 2.45) is 0 Å². The largest absolute Gasteiger partial charge is 0.322 e. The van der Waals surface area contributed by atoms with Crippen molar-refractivity contribution in [1.29, 1.82) is 0 Å². The van der Waals surface area contributed by atoms with Gasteiger partial charge in [-0.1, -0.05) is 18.2 Å². The van der Waals surface area contributed by atoms with Gasteiger partial charge in [0.05, 0.1) is 11.8 Å². The van der Waals surface area contributed by atoms with Crippen LogP contribution < -0.4 is 5.32 Å². The van der Waals surface area contributed by atoms with Crippen LogP contribution in [0.25, 0.3) is 0 Å². The molecule has 0 aliphatic rings. The molecular formula is C13H10ClFN2O. The van der Waals surface area contributed by atoms with Gasteiger partial charge in [-0.05, 0) is 17.7 Å². The second kappa shape index (κ2) is 5.60. The highest BCUT2D eigenvalue weighted by Crippen LogP contribution is 2.18. The Morgan fingerprint density at radius 3 is 2.83 bits per heavy atom. The van der Waals surface area contributed by atoms with E-state index in [0.717, 1.165) is 17.8 Å². The maximum absolute atomic E-state index is 12.9. The minimum atomic E-state index is -0.548. The predicted molar refractivity (Wildman–Crippen MR) is 68.1 cm³/mol. The zero-order valence-electron chi connectivity index (χ0n) is 9.36. The fourth-order valence-electron chi connectivity index (χ4n) is 1.49. The van der Waals surface area contributed by atoms with Gasteiger partial charge in [-0.15, -0.1) is 11.6 Å². The van der Waals surface area contributed by atoms with Gasteiger partial charge in [-0.25, -0.2) is 4.39 Å². The van der Waals surface area contributed by atoms with Crippen LogP contribution in [0, 0.1) is 5.82 Å². The number of amides is 1. The highest BCUT2D eigenvalue weighted by molar-refractivity contribution is 6.17. The Kier molecular flexibility index (Phi) is 3.89. The molecule has 1 amide bonds. The number of rotatable bonds is 3. The van der Waals surface area contributed by atoms with Crippen molar-refractivity contribution in [3.05, 3.63) is 59.7 Å². The number of aromatic nitrogens is 1. The van der Waals surface area contributed by atoms with E-state index in [0.29, 0.717) is 5.69 Å². The maximum Gasteiger partial charge on any atom is 0.257 e. The van der Waals surface area contributed by atoms with Crippen molar-refractivity contribution in [3.8, 4) is 0 Å². The molecule has 0 unspecified atom stereocenters. The van der Waals surface area contributed by atoms with Gasteiger partial charge in [0.2, 0.25) is 0 Å². The summed E-state index contributed by atoms with van der Waals surface area (Å²) in [6.07, 6.45) is 2.35. The van der Waals surface area contributed by atoms with E-state index in [9.17, 15) is 9.18 Å². The summed E-state index contributed by atoms with van der Waals surface area (Å²) in [5, 5.41) is 2.67. The van der Waals surface area contributed by atoms with Crippen LogP contribution >= 0.6 is 11.6 Å². The Morgan fingerprint density at radius 2 is 2.11 bits per heavy atom. The topological polar surface area (TPSA) is 42.0 Å². The van der Waals surface area contributed by atoms with Crippen LogP contribution in [-0.2, 0) is 5.88 Å². The second-order valence-corrected chi connectivity index (χ2v) is 3.90. The maximum atomic E-state index is 12.9. The normalized spacial score (nSPS) is 10.1. The monoisotopic (exact) mass is 264 g/mol. The lowest BCUT2D eigenvalue weighted by atomic mass is 10.2. The summed E-state index contributed by atoms with van der Waals surface area (Å²) in [6, 6.07) is 8.30. The van der Waals surface area contributed by atoms with E-state index in [-0.39, 0.29) is 11.4 Å². The Balaban J connectivity index is 2.21. The van der Waals surface area contributed by atoms with Crippen molar-refractivity contribution in [2.45, 2.75) is 5.88 Å².